The molecule has 0 amide bonds. The topological polar surface area (TPSA) is 40.5 Å². The van der Waals surface area contributed by atoms with Crippen LogP contribution in [0.2, 0.25) is 0 Å². The molecule has 18 heavy (non-hydrogen) atoms. The normalized spacial score (nSPS) is 11.0. The minimum atomic E-state index is 0.141. The maximum absolute atomic E-state index is 9.48. The van der Waals surface area contributed by atoms with Crippen molar-refractivity contribution in [3.63, 3.8) is 0 Å². The monoisotopic (exact) mass is 588 g/mol. The van der Waals surface area contributed by atoms with Crippen LogP contribution in [-0.4, -0.2) is 36.5 Å². The number of phenolic OH excluding ortho intramolecular Hbond substituents is 2. The summed E-state index contributed by atoms with van der Waals surface area (Å²) in [6, 6.07) is 11.7. The fourth-order valence-electron chi connectivity index (χ4n) is 1.23. The van der Waals surface area contributed by atoms with Crippen LogP contribution in [0.15, 0.2) is 36.4 Å². The van der Waals surface area contributed by atoms with E-state index in [0.717, 1.165) is 7.14 Å². The van der Waals surface area contributed by atoms with E-state index in [4.69, 9.17) is 0 Å². The molecule has 0 aliphatic carbocycles. The summed E-state index contributed by atoms with van der Waals surface area (Å²) in [6.07, 6.45) is 0. The van der Waals surface area contributed by atoms with Crippen LogP contribution in [0.25, 0.3) is 0 Å². The molecule has 2 aromatic rings. The van der Waals surface area contributed by atoms with E-state index in [1.165, 1.54) is 8.70 Å². The number of halogens is 2. The molecule has 0 aliphatic heterocycles. The third-order valence-electron chi connectivity index (χ3n) is 2.14. The Hall–Kier alpha value is 0.617. The molecule has 0 fully saturated rings. The van der Waals surface area contributed by atoms with Crippen molar-refractivity contribution >= 4 is 80.2 Å². The summed E-state index contributed by atoms with van der Waals surface area (Å²) >= 11 is 4.59. The van der Waals surface area contributed by atoms with Gasteiger partial charge in [-0.15, -0.1) is 0 Å². The molecular weight excluding hydrogens is 580 g/mol. The number of benzene rings is 2. The molecule has 0 bridgehead atoms. The summed E-state index contributed by atoms with van der Waals surface area (Å²) in [6.45, 7) is 0. The van der Waals surface area contributed by atoms with Crippen molar-refractivity contribution in [2.75, 3.05) is 0 Å². The van der Waals surface area contributed by atoms with Crippen LogP contribution in [0.1, 0.15) is 0 Å². The molecule has 92 valence electrons. The fourth-order valence-corrected chi connectivity index (χ4v) is 10.4. The van der Waals surface area contributed by atoms with Gasteiger partial charge in [-0.25, -0.2) is 0 Å². The Morgan fingerprint density at radius 2 is 1.11 bits per heavy atom. The predicted octanol–water partition coefficient (Wildman–Crippen LogP) is 1.58. The number of hydrogen-bond acceptors (Lipinski definition) is 2. The van der Waals surface area contributed by atoms with Gasteiger partial charge in [-0.2, -0.15) is 0 Å². The van der Waals surface area contributed by atoms with Gasteiger partial charge >= 0.3 is 145 Å². The molecule has 0 atom stereocenters. The van der Waals surface area contributed by atoms with E-state index in [1.807, 2.05) is 12.1 Å². The third kappa shape index (κ3) is 4.05. The van der Waals surface area contributed by atoms with Crippen LogP contribution in [0.3, 0.4) is 0 Å². The van der Waals surface area contributed by atoms with Crippen molar-refractivity contribution in [3.05, 3.63) is 43.5 Å². The second-order valence-electron chi connectivity index (χ2n) is 3.47. The molecule has 2 nitrogen and oxygen atoms in total. The van der Waals surface area contributed by atoms with Crippen LogP contribution in [0.4, 0.5) is 0 Å². The van der Waals surface area contributed by atoms with Crippen LogP contribution in [0.5, 0.6) is 11.5 Å². The van der Waals surface area contributed by atoms with Crippen LogP contribution >= 0.6 is 45.2 Å². The minimum absolute atomic E-state index is 0.141. The van der Waals surface area contributed by atoms with Gasteiger partial charge in [0.25, 0.3) is 0 Å². The van der Waals surface area contributed by atoms with Gasteiger partial charge in [0.05, 0.1) is 0 Å². The van der Waals surface area contributed by atoms with E-state index in [-0.39, 0.29) is 26.3 Å². The molecular formula is C12H8As2I2O2. The first kappa shape index (κ1) is 15.0. The summed E-state index contributed by atoms with van der Waals surface area (Å²) in [5.74, 6) is 0.715. The number of hydrogen-bond donors (Lipinski definition) is 2. The van der Waals surface area contributed by atoms with E-state index in [9.17, 15) is 10.2 Å². The second kappa shape index (κ2) is 6.87. The Morgan fingerprint density at radius 1 is 0.722 bits per heavy atom. The molecule has 0 saturated heterocycles. The van der Waals surface area contributed by atoms with Crippen molar-refractivity contribution < 1.29 is 10.2 Å². The quantitative estimate of drug-likeness (QED) is 0.414. The molecule has 2 N–H and O–H groups in total. The van der Waals surface area contributed by atoms with Crippen molar-refractivity contribution in [2.45, 2.75) is 0 Å². The fraction of sp³-hybridized carbons (Fsp3) is 0. The van der Waals surface area contributed by atoms with Crippen molar-refractivity contribution in [1.82, 2.24) is 0 Å². The summed E-state index contributed by atoms with van der Waals surface area (Å²) < 4.78 is 4.52. The van der Waals surface area contributed by atoms with Gasteiger partial charge in [0.15, 0.2) is 0 Å². The van der Waals surface area contributed by atoms with Crippen molar-refractivity contribution in [3.8, 4) is 11.5 Å². The average Bonchev–Trinajstić information content (AvgIpc) is 2.35. The van der Waals surface area contributed by atoms with Crippen LogP contribution < -0.4 is 8.70 Å². The van der Waals surface area contributed by atoms with Crippen molar-refractivity contribution in [2.24, 2.45) is 0 Å². The Morgan fingerprint density at radius 3 is 1.44 bits per heavy atom. The average molecular weight is 588 g/mol. The summed E-state index contributed by atoms with van der Waals surface area (Å²) in [7, 11) is 0. The molecule has 2 aromatic carbocycles. The zero-order valence-electron chi connectivity index (χ0n) is 9.01. The van der Waals surface area contributed by atoms with Gasteiger partial charge in [0.1, 0.15) is 0 Å². The standard InChI is InChI=1S/C12H8As2I2O2/c15-9-5-7(1-3-11(9)17)13-14-8-2-4-12(18)10(16)6-8/h1-6,17-18H. The molecule has 0 aromatic heterocycles. The molecule has 6 heteroatoms. The van der Waals surface area contributed by atoms with Gasteiger partial charge in [0.2, 0.25) is 0 Å². The first-order chi connectivity index (χ1) is 8.56. The molecule has 0 unspecified atom stereocenters. The zero-order valence-corrected chi connectivity index (χ0v) is 17.1. The number of aromatic hydroxyl groups is 2. The second-order valence-corrected chi connectivity index (χ2v) is 13.2. The molecule has 0 spiro atoms. The van der Waals surface area contributed by atoms with E-state index >= 15 is 0 Å². The Labute approximate surface area is 143 Å². The Bertz CT molecular complexity index is 562. The van der Waals surface area contributed by atoms with Gasteiger partial charge < -0.3 is 0 Å². The Kier molecular flexibility index (Phi) is 5.73. The molecule has 0 saturated carbocycles. The van der Waals surface area contributed by atoms with Gasteiger partial charge in [-0.1, -0.05) is 0 Å². The zero-order chi connectivity index (χ0) is 13.1. The van der Waals surface area contributed by atoms with Crippen LogP contribution in [0, 0.1) is 7.14 Å². The van der Waals surface area contributed by atoms with Gasteiger partial charge in [0, 0.05) is 0 Å². The first-order valence-corrected chi connectivity index (χ1v) is 14.2. The predicted molar refractivity (Wildman–Crippen MR) is 92.4 cm³/mol. The summed E-state index contributed by atoms with van der Waals surface area (Å²) in [4.78, 5) is 0. The van der Waals surface area contributed by atoms with Crippen molar-refractivity contribution in [1.29, 1.82) is 0 Å². The van der Waals surface area contributed by atoms with E-state index in [2.05, 4.69) is 57.3 Å². The summed E-state index contributed by atoms with van der Waals surface area (Å²) in [5, 5.41) is 19.0. The van der Waals surface area contributed by atoms with Gasteiger partial charge in [-0.05, 0) is 0 Å². The SMILES string of the molecule is Oc1ccc([As]=[As]c2ccc(O)c(I)c2)cc1I. The van der Waals surface area contributed by atoms with E-state index in [1.54, 1.807) is 12.1 Å². The number of rotatable bonds is 2. The van der Waals surface area contributed by atoms with Crippen LogP contribution in [-0.2, 0) is 0 Å². The Balaban J connectivity index is 2.24. The van der Waals surface area contributed by atoms with E-state index < -0.39 is 0 Å². The molecule has 0 aliphatic rings. The number of phenols is 2. The van der Waals surface area contributed by atoms with E-state index in [0.29, 0.717) is 11.5 Å². The first-order valence-electron chi connectivity index (χ1n) is 4.95. The summed E-state index contributed by atoms with van der Waals surface area (Å²) in [5.41, 5.74) is 0. The maximum atomic E-state index is 9.48. The molecule has 0 heterocycles. The third-order valence-corrected chi connectivity index (χ3v) is 12.3. The molecule has 2 rings (SSSR count). The molecule has 0 radical (unpaired) electrons. The van der Waals surface area contributed by atoms with Gasteiger partial charge in [-0.3, -0.25) is 0 Å².